The Balaban J connectivity index is 2.37. The standard InChI is InChI=1S/C10H18O/c1-9(2)7-4-5-10(9,3)6-8(7)11/h7-8,11H,4-6H2,1-3H3/t7-,8-,10+/m0/s1. The van der Waals surface area contributed by atoms with Crippen LogP contribution < -0.4 is 0 Å². The molecule has 1 N–H and O–H groups in total. The molecule has 3 atom stereocenters. The summed E-state index contributed by atoms with van der Waals surface area (Å²) < 4.78 is 0. The van der Waals surface area contributed by atoms with Gasteiger partial charge in [-0.25, -0.2) is 0 Å². The minimum Gasteiger partial charge on any atom is -0.393 e. The summed E-state index contributed by atoms with van der Waals surface area (Å²) in [5, 5.41) is 9.72. The zero-order chi connectivity index (χ0) is 8.28. The van der Waals surface area contributed by atoms with E-state index in [2.05, 4.69) is 20.8 Å². The van der Waals surface area contributed by atoms with E-state index in [0.717, 1.165) is 6.42 Å². The Hall–Kier alpha value is -0.0400. The SMILES string of the molecule is CC1(C)[C@H]2CC[C@]1(C)C[C@@H]2O. The molecule has 2 saturated carbocycles. The summed E-state index contributed by atoms with van der Waals surface area (Å²) in [6, 6.07) is 0. The summed E-state index contributed by atoms with van der Waals surface area (Å²) in [4.78, 5) is 0. The summed E-state index contributed by atoms with van der Waals surface area (Å²) in [6.45, 7) is 6.98. The maximum Gasteiger partial charge on any atom is 0.0579 e. The van der Waals surface area contributed by atoms with Crippen molar-refractivity contribution in [3.63, 3.8) is 0 Å². The Bertz CT molecular complexity index is 183. The van der Waals surface area contributed by atoms with Gasteiger partial charge < -0.3 is 5.11 Å². The first kappa shape index (κ1) is 7.60. The van der Waals surface area contributed by atoms with Crippen LogP contribution in [0.5, 0.6) is 0 Å². The van der Waals surface area contributed by atoms with E-state index in [9.17, 15) is 5.11 Å². The third-order valence-electron chi connectivity index (χ3n) is 4.61. The van der Waals surface area contributed by atoms with Gasteiger partial charge in [-0.3, -0.25) is 0 Å². The number of aliphatic hydroxyl groups excluding tert-OH is 1. The first-order valence-corrected chi connectivity index (χ1v) is 4.65. The monoisotopic (exact) mass is 154 g/mol. The highest BCUT2D eigenvalue weighted by Gasteiger charge is 2.59. The zero-order valence-corrected chi connectivity index (χ0v) is 7.72. The first-order valence-electron chi connectivity index (χ1n) is 4.65. The van der Waals surface area contributed by atoms with E-state index in [0.29, 0.717) is 16.7 Å². The molecule has 0 heterocycles. The third-order valence-corrected chi connectivity index (χ3v) is 4.61. The quantitative estimate of drug-likeness (QED) is 0.567. The van der Waals surface area contributed by atoms with E-state index in [1.807, 2.05) is 0 Å². The van der Waals surface area contributed by atoms with Gasteiger partial charge >= 0.3 is 0 Å². The molecule has 2 rings (SSSR count). The second-order valence-corrected chi connectivity index (χ2v) is 5.20. The van der Waals surface area contributed by atoms with Crippen molar-refractivity contribution in [2.75, 3.05) is 0 Å². The fourth-order valence-electron chi connectivity index (χ4n) is 3.25. The van der Waals surface area contributed by atoms with Gasteiger partial charge in [0, 0.05) is 0 Å². The lowest BCUT2D eigenvalue weighted by Gasteiger charge is -2.33. The molecular formula is C10H18O. The molecule has 0 aromatic heterocycles. The molecule has 2 aliphatic carbocycles. The van der Waals surface area contributed by atoms with Crippen molar-refractivity contribution < 1.29 is 5.11 Å². The third kappa shape index (κ3) is 0.703. The lowest BCUT2D eigenvalue weighted by Crippen LogP contribution is -2.26. The van der Waals surface area contributed by atoms with Crippen LogP contribution in [-0.2, 0) is 0 Å². The average molecular weight is 154 g/mol. The summed E-state index contributed by atoms with van der Waals surface area (Å²) in [6.07, 6.45) is 3.58. The summed E-state index contributed by atoms with van der Waals surface area (Å²) in [5.74, 6) is 0.576. The number of fused-ring (bicyclic) bond motifs is 2. The highest BCUT2D eigenvalue weighted by atomic mass is 16.3. The second-order valence-electron chi connectivity index (χ2n) is 5.20. The summed E-state index contributed by atoms with van der Waals surface area (Å²) in [7, 11) is 0. The van der Waals surface area contributed by atoms with Crippen molar-refractivity contribution in [1.82, 2.24) is 0 Å². The minimum atomic E-state index is -0.0104. The van der Waals surface area contributed by atoms with Crippen molar-refractivity contribution in [3.8, 4) is 0 Å². The lowest BCUT2D eigenvalue weighted by atomic mass is 9.71. The van der Waals surface area contributed by atoms with Gasteiger partial charge in [-0.05, 0) is 36.0 Å². The molecule has 1 nitrogen and oxygen atoms in total. The minimum absolute atomic E-state index is 0.0104. The maximum atomic E-state index is 9.72. The number of rotatable bonds is 0. The van der Waals surface area contributed by atoms with Crippen LogP contribution in [0.1, 0.15) is 40.0 Å². The summed E-state index contributed by atoms with van der Waals surface area (Å²) >= 11 is 0. The fourth-order valence-corrected chi connectivity index (χ4v) is 3.25. The highest BCUT2D eigenvalue weighted by molar-refractivity contribution is 5.09. The van der Waals surface area contributed by atoms with Crippen LogP contribution >= 0.6 is 0 Å². The van der Waals surface area contributed by atoms with Crippen molar-refractivity contribution >= 4 is 0 Å². The molecule has 11 heavy (non-hydrogen) atoms. The molecule has 0 unspecified atom stereocenters. The number of hydrogen-bond acceptors (Lipinski definition) is 1. The van der Waals surface area contributed by atoms with E-state index >= 15 is 0 Å². The Morgan fingerprint density at radius 3 is 2.09 bits per heavy atom. The lowest BCUT2D eigenvalue weighted by molar-refractivity contribution is 0.0941. The number of hydrogen-bond donors (Lipinski definition) is 1. The molecule has 1 heteroatoms. The molecule has 64 valence electrons. The molecule has 0 aromatic rings. The average Bonchev–Trinajstić information content (AvgIpc) is 2.13. The van der Waals surface area contributed by atoms with E-state index in [4.69, 9.17) is 0 Å². The van der Waals surface area contributed by atoms with Crippen LogP contribution in [0.15, 0.2) is 0 Å². The molecule has 2 bridgehead atoms. The fraction of sp³-hybridized carbons (Fsp3) is 1.00. The van der Waals surface area contributed by atoms with Gasteiger partial charge in [0.2, 0.25) is 0 Å². The van der Waals surface area contributed by atoms with Crippen LogP contribution in [0.2, 0.25) is 0 Å². The predicted molar refractivity (Wildman–Crippen MR) is 45.2 cm³/mol. The number of aliphatic hydroxyl groups is 1. The van der Waals surface area contributed by atoms with Crippen molar-refractivity contribution in [2.45, 2.75) is 46.1 Å². The molecule has 0 aliphatic heterocycles. The van der Waals surface area contributed by atoms with Crippen LogP contribution in [0.25, 0.3) is 0 Å². The zero-order valence-electron chi connectivity index (χ0n) is 7.72. The Labute approximate surface area is 68.8 Å². The van der Waals surface area contributed by atoms with E-state index < -0.39 is 0 Å². The molecule has 0 amide bonds. The van der Waals surface area contributed by atoms with E-state index in [1.165, 1.54) is 12.8 Å². The molecule has 0 radical (unpaired) electrons. The van der Waals surface area contributed by atoms with Gasteiger partial charge in [0.25, 0.3) is 0 Å². The van der Waals surface area contributed by atoms with Crippen molar-refractivity contribution in [1.29, 1.82) is 0 Å². The van der Waals surface area contributed by atoms with Gasteiger partial charge in [-0.15, -0.1) is 0 Å². The first-order chi connectivity index (χ1) is 4.97. The predicted octanol–water partition coefficient (Wildman–Crippen LogP) is 2.19. The topological polar surface area (TPSA) is 20.2 Å². The Morgan fingerprint density at radius 2 is 1.91 bits per heavy atom. The normalized spacial score (nSPS) is 53.5. The maximum absolute atomic E-state index is 9.72. The highest BCUT2D eigenvalue weighted by Crippen LogP contribution is 2.65. The van der Waals surface area contributed by atoms with Gasteiger partial charge in [-0.1, -0.05) is 20.8 Å². The Morgan fingerprint density at radius 1 is 1.27 bits per heavy atom. The Kier molecular flexibility index (Phi) is 1.26. The van der Waals surface area contributed by atoms with Gasteiger partial charge in [0.15, 0.2) is 0 Å². The molecule has 0 aromatic carbocycles. The van der Waals surface area contributed by atoms with E-state index in [1.54, 1.807) is 0 Å². The van der Waals surface area contributed by atoms with Crippen LogP contribution in [0, 0.1) is 16.7 Å². The molecule has 0 spiro atoms. The van der Waals surface area contributed by atoms with Crippen LogP contribution in [0.3, 0.4) is 0 Å². The largest absolute Gasteiger partial charge is 0.393 e. The van der Waals surface area contributed by atoms with Crippen molar-refractivity contribution in [3.05, 3.63) is 0 Å². The van der Waals surface area contributed by atoms with Crippen molar-refractivity contribution in [2.24, 2.45) is 16.7 Å². The molecule has 0 saturated heterocycles. The van der Waals surface area contributed by atoms with Crippen LogP contribution in [-0.4, -0.2) is 11.2 Å². The van der Waals surface area contributed by atoms with E-state index in [-0.39, 0.29) is 6.10 Å². The van der Waals surface area contributed by atoms with Gasteiger partial charge in [0.1, 0.15) is 0 Å². The molecule has 2 fully saturated rings. The van der Waals surface area contributed by atoms with Crippen LogP contribution in [0.4, 0.5) is 0 Å². The smallest absolute Gasteiger partial charge is 0.0579 e. The van der Waals surface area contributed by atoms with Gasteiger partial charge in [-0.2, -0.15) is 0 Å². The van der Waals surface area contributed by atoms with Gasteiger partial charge in [0.05, 0.1) is 6.10 Å². The summed E-state index contributed by atoms with van der Waals surface area (Å²) in [5.41, 5.74) is 0.809. The molecule has 2 aliphatic rings. The second kappa shape index (κ2) is 1.82. The molecular weight excluding hydrogens is 136 g/mol.